The van der Waals surface area contributed by atoms with Crippen LogP contribution in [0.25, 0.3) is 0 Å². The molecule has 0 amide bonds. The zero-order chi connectivity index (χ0) is 9.97. The van der Waals surface area contributed by atoms with Crippen LogP contribution in [0.3, 0.4) is 0 Å². The Morgan fingerprint density at radius 2 is 1.29 bits per heavy atom. The van der Waals surface area contributed by atoms with Crippen molar-refractivity contribution in [3.05, 3.63) is 0 Å². The molecule has 0 aromatic carbocycles. The number of rotatable bonds is 2. The van der Waals surface area contributed by atoms with Crippen molar-refractivity contribution in [2.45, 2.75) is 24.8 Å². The molecule has 82 valence electrons. The Labute approximate surface area is 99.5 Å². The maximum absolute atomic E-state index is 5.60. The fourth-order valence-corrected chi connectivity index (χ4v) is 2.18. The van der Waals surface area contributed by atoms with Crippen LogP contribution < -0.4 is 0 Å². The van der Waals surface area contributed by atoms with E-state index in [0.29, 0.717) is 23.9 Å². The van der Waals surface area contributed by atoms with Gasteiger partial charge in [-0.2, -0.15) is 0 Å². The molecule has 0 aliphatic carbocycles. The van der Waals surface area contributed by atoms with E-state index in [-0.39, 0.29) is 24.8 Å². The summed E-state index contributed by atoms with van der Waals surface area (Å²) in [7, 11) is 0. The third-order valence-electron chi connectivity index (χ3n) is 2.21. The van der Waals surface area contributed by atoms with E-state index < -0.39 is 0 Å². The fourth-order valence-electron chi connectivity index (χ4n) is 1.50. The van der Waals surface area contributed by atoms with Crippen molar-refractivity contribution in [3.8, 4) is 0 Å². The minimum Gasteiger partial charge on any atom is -0.349 e. The van der Waals surface area contributed by atoms with Gasteiger partial charge in [-0.1, -0.05) is 31.9 Å². The summed E-state index contributed by atoms with van der Waals surface area (Å²) in [5.41, 5.74) is 0. The van der Waals surface area contributed by atoms with Crippen LogP contribution >= 0.6 is 31.9 Å². The fraction of sp³-hybridized carbons (Fsp3) is 1.00. The van der Waals surface area contributed by atoms with Gasteiger partial charge in [0.25, 0.3) is 0 Å². The minimum absolute atomic E-state index is 0.00148. The SMILES string of the molecule is BrC[C@@H]1OC[C@@H]2O[C@H](CBr)OC[C@@H]2O1. The van der Waals surface area contributed by atoms with Gasteiger partial charge >= 0.3 is 0 Å². The van der Waals surface area contributed by atoms with Gasteiger partial charge in [-0.15, -0.1) is 0 Å². The van der Waals surface area contributed by atoms with Gasteiger partial charge in [0.1, 0.15) is 12.2 Å². The highest BCUT2D eigenvalue weighted by Crippen LogP contribution is 2.23. The van der Waals surface area contributed by atoms with Crippen molar-refractivity contribution < 1.29 is 18.9 Å². The molecule has 2 saturated heterocycles. The maximum Gasteiger partial charge on any atom is 0.167 e. The van der Waals surface area contributed by atoms with E-state index in [1.807, 2.05) is 0 Å². The summed E-state index contributed by atoms with van der Waals surface area (Å²) in [6, 6.07) is 0. The second kappa shape index (κ2) is 5.23. The summed E-state index contributed by atoms with van der Waals surface area (Å²) < 4.78 is 22.0. The lowest BCUT2D eigenvalue weighted by Crippen LogP contribution is -2.53. The van der Waals surface area contributed by atoms with Crippen molar-refractivity contribution in [1.82, 2.24) is 0 Å². The average Bonchev–Trinajstić information content (AvgIpc) is 2.27. The first kappa shape index (κ1) is 11.3. The molecular formula is C8H12Br2O4. The van der Waals surface area contributed by atoms with Crippen molar-refractivity contribution in [2.75, 3.05) is 23.9 Å². The zero-order valence-corrected chi connectivity index (χ0v) is 10.7. The quantitative estimate of drug-likeness (QED) is 0.714. The van der Waals surface area contributed by atoms with Crippen LogP contribution in [-0.4, -0.2) is 48.7 Å². The molecule has 0 N–H and O–H groups in total. The molecule has 2 fully saturated rings. The number of ether oxygens (including phenoxy) is 4. The Kier molecular flexibility index (Phi) is 4.21. The zero-order valence-electron chi connectivity index (χ0n) is 7.53. The number of fused-ring (bicyclic) bond motifs is 1. The van der Waals surface area contributed by atoms with Crippen LogP contribution in [0.5, 0.6) is 0 Å². The Hall–Kier alpha value is 0.800. The molecule has 14 heavy (non-hydrogen) atoms. The van der Waals surface area contributed by atoms with Crippen LogP contribution in [0.15, 0.2) is 0 Å². The maximum atomic E-state index is 5.60. The number of hydrogen-bond acceptors (Lipinski definition) is 4. The summed E-state index contributed by atoms with van der Waals surface area (Å²) in [6.07, 6.45) is -0.351. The summed E-state index contributed by atoms with van der Waals surface area (Å²) in [4.78, 5) is 0. The van der Waals surface area contributed by atoms with Gasteiger partial charge in [0.15, 0.2) is 12.6 Å². The van der Waals surface area contributed by atoms with E-state index in [4.69, 9.17) is 18.9 Å². The molecule has 2 rings (SSSR count). The van der Waals surface area contributed by atoms with Gasteiger partial charge in [0.05, 0.1) is 23.9 Å². The molecule has 4 atom stereocenters. The van der Waals surface area contributed by atoms with E-state index >= 15 is 0 Å². The molecule has 0 aromatic heterocycles. The second-order valence-electron chi connectivity index (χ2n) is 3.18. The normalized spacial score (nSPS) is 43.3. The average molecular weight is 332 g/mol. The molecule has 0 saturated carbocycles. The van der Waals surface area contributed by atoms with Gasteiger partial charge in [0.2, 0.25) is 0 Å². The third kappa shape index (κ3) is 2.48. The van der Waals surface area contributed by atoms with Gasteiger partial charge in [-0.25, -0.2) is 0 Å². The summed E-state index contributed by atoms with van der Waals surface area (Å²) >= 11 is 6.63. The Balaban J connectivity index is 1.88. The van der Waals surface area contributed by atoms with Crippen LogP contribution in [0.2, 0.25) is 0 Å². The van der Waals surface area contributed by atoms with Crippen molar-refractivity contribution >= 4 is 31.9 Å². The van der Waals surface area contributed by atoms with Crippen molar-refractivity contribution in [1.29, 1.82) is 0 Å². The largest absolute Gasteiger partial charge is 0.349 e. The first-order valence-corrected chi connectivity index (χ1v) is 6.74. The number of alkyl halides is 2. The Morgan fingerprint density at radius 1 is 0.857 bits per heavy atom. The van der Waals surface area contributed by atoms with E-state index in [1.54, 1.807) is 0 Å². The van der Waals surface area contributed by atoms with Crippen LogP contribution in [-0.2, 0) is 18.9 Å². The molecule has 2 heterocycles. The van der Waals surface area contributed by atoms with Crippen molar-refractivity contribution in [3.63, 3.8) is 0 Å². The topological polar surface area (TPSA) is 36.9 Å². The van der Waals surface area contributed by atoms with Gasteiger partial charge in [-0.3, -0.25) is 0 Å². The molecule has 6 heteroatoms. The lowest BCUT2D eigenvalue weighted by atomic mass is 10.2. The molecule has 0 radical (unpaired) electrons. The summed E-state index contributed by atoms with van der Waals surface area (Å²) in [5, 5.41) is 1.36. The number of halogens is 2. The van der Waals surface area contributed by atoms with Gasteiger partial charge < -0.3 is 18.9 Å². The Bertz CT molecular complexity index is 172. The summed E-state index contributed by atoms with van der Waals surface area (Å²) in [6.45, 7) is 1.15. The molecule has 2 aliphatic heterocycles. The van der Waals surface area contributed by atoms with Crippen LogP contribution in [0.4, 0.5) is 0 Å². The lowest BCUT2D eigenvalue weighted by molar-refractivity contribution is -0.326. The van der Waals surface area contributed by atoms with E-state index in [9.17, 15) is 0 Å². The highest BCUT2D eigenvalue weighted by molar-refractivity contribution is 9.09. The molecule has 2 aliphatic rings. The highest BCUT2D eigenvalue weighted by Gasteiger charge is 2.37. The lowest BCUT2D eigenvalue weighted by Gasteiger charge is -2.40. The predicted molar refractivity (Wildman–Crippen MR) is 56.8 cm³/mol. The van der Waals surface area contributed by atoms with Gasteiger partial charge in [-0.05, 0) is 0 Å². The predicted octanol–water partition coefficient (Wildman–Crippen LogP) is 1.26. The smallest absolute Gasteiger partial charge is 0.167 e. The van der Waals surface area contributed by atoms with E-state index in [1.165, 1.54) is 0 Å². The molecule has 0 bridgehead atoms. The molecular weight excluding hydrogens is 320 g/mol. The third-order valence-corrected chi connectivity index (χ3v) is 3.27. The van der Waals surface area contributed by atoms with E-state index in [0.717, 1.165) is 0 Å². The number of hydrogen-bond donors (Lipinski definition) is 0. The monoisotopic (exact) mass is 330 g/mol. The van der Waals surface area contributed by atoms with Gasteiger partial charge in [0, 0.05) is 0 Å². The highest BCUT2D eigenvalue weighted by atomic mass is 79.9. The Morgan fingerprint density at radius 3 is 1.64 bits per heavy atom. The second-order valence-corrected chi connectivity index (χ2v) is 4.48. The van der Waals surface area contributed by atoms with E-state index in [2.05, 4.69) is 31.9 Å². The first-order chi connectivity index (χ1) is 6.83. The van der Waals surface area contributed by atoms with Crippen LogP contribution in [0.1, 0.15) is 0 Å². The minimum atomic E-state index is -0.177. The van der Waals surface area contributed by atoms with Crippen molar-refractivity contribution in [2.24, 2.45) is 0 Å². The first-order valence-electron chi connectivity index (χ1n) is 4.49. The molecule has 0 unspecified atom stereocenters. The standard InChI is InChI=1S/C8H12Br2O4/c9-1-7-11-3-6-5(13-7)4-12-8(2-10)14-6/h5-8H,1-4H2/t5-,6-,7+,8+/m0/s1. The van der Waals surface area contributed by atoms with Crippen LogP contribution in [0, 0.1) is 0 Å². The molecule has 0 spiro atoms. The molecule has 4 nitrogen and oxygen atoms in total. The summed E-state index contributed by atoms with van der Waals surface area (Å²) in [5.74, 6) is 0. The molecule has 0 aromatic rings.